The highest BCUT2D eigenvalue weighted by Gasteiger charge is 2.53. The second-order valence-corrected chi connectivity index (χ2v) is 5.36. The lowest BCUT2D eigenvalue weighted by Gasteiger charge is -2.35. The summed E-state index contributed by atoms with van der Waals surface area (Å²) >= 11 is 0. The molecule has 2 N–H and O–H groups in total. The Balaban J connectivity index is 1.97. The standard InChI is InChI=1S/C13H13F3N2O/c14-13(15,16)11(19)18-6-8-5-9(17)1-2-10(8)12(7-18)3-4-12/h1-2,5H,3-4,6-7,17H2. The van der Waals surface area contributed by atoms with Crippen LogP contribution in [0.2, 0.25) is 0 Å². The summed E-state index contributed by atoms with van der Waals surface area (Å²) in [6.07, 6.45) is -3.16. The van der Waals surface area contributed by atoms with Crippen molar-refractivity contribution < 1.29 is 18.0 Å². The van der Waals surface area contributed by atoms with E-state index in [1.165, 1.54) is 0 Å². The van der Waals surface area contributed by atoms with Crippen molar-refractivity contribution in [2.24, 2.45) is 0 Å². The molecule has 2 aliphatic rings. The fraction of sp³-hybridized carbons (Fsp3) is 0.462. The minimum absolute atomic E-state index is 0.0134. The van der Waals surface area contributed by atoms with E-state index < -0.39 is 12.1 Å². The molecule has 0 saturated heterocycles. The van der Waals surface area contributed by atoms with Crippen LogP contribution in [0.5, 0.6) is 0 Å². The Labute approximate surface area is 108 Å². The van der Waals surface area contributed by atoms with Gasteiger partial charge in [0.1, 0.15) is 0 Å². The molecular weight excluding hydrogens is 257 g/mol. The van der Waals surface area contributed by atoms with Crippen molar-refractivity contribution in [2.75, 3.05) is 12.3 Å². The number of halogens is 3. The summed E-state index contributed by atoms with van der Waals surface area (Å²) in [4.78, 5) is 12.3. The van der Waals surface area contributed by atoms with Gasteiger partial charge in [-0.2, -0.15) is 13.2 Å². The molecule has 1 aliphatic heterocycles. The quantitative estimate of drug-likeness (QED) is 0.735. The minimum atomic E-state index is -4.81. The predicted molar refractivity (Wildman–Crippen MR) is 63.2 cm³/mol. The average molecular weight is 270 g/mol. The number of anilines is 1. The third kappa shape index (κ3) is 1.95. The number of nitrogens with two attached hydrogens (primary N) is 1. The van der Waals surface area contributed by atoms with Gasteiger partial charge in [0.05, 0.1) is 0 Å². The summed E-state index contributed by atoms with van der Waals surface area (Å²) in [7, 11) is 0. The van der Waals surface area contributed by atoms with E-state index in [1.807, 2.05) is 6.07 Å². The molecule has 0 bridgehead atoms. The van der Waals surface area contributed by atoms with E-state index in [2.05, 4.69) is 0 Å². The van der Waals surface area contributed by atoms with Gasteiger partial charge in [-0.25, -0.2) is 0 Å². The van der Waals surface area contributed by atoms with Gasteiger partial charge in [-0.3, -0.25) is 4.79 Å². The number of rotatable bonds is 0. The topological polar surface area (TPSA) is 46.3 Å². The van der Waals surface area contributed by atoms with Crippen molar-refractivity contribution in [1.29, 1.82) is 0 Å². The van der Waals surface area contributed by atoms with Gasteiger partial charge in [0.25, 0.3) is 0 Å². The van der Waals surface area contributed by atoms with Crippen LogP contribution in [0.15, 0.2) is 18.2 Å². The Bertz CT molecular complexity index is 549. The van der Waals surface area contributed by atoms with E-state index in [0.29, 0.717) is 5.69 Å². The SMILES string of the molecule is Nc1ccc2c(c1)CN(C(=O)C(F)(F)F)CC21CC1. The summed E-state index contributed by atoms with van der Waals surface area (Å²) in [5.74, 6) is -1.76. The second kappa shape index (κ2) is 3.65. The van der Waals surface area contributed by atoms with Gasteiger partial charge in [-0.1, -0.05) is 6.07 Å². The molecule has 1 saturated carbocycles. The molecule has 6 heteroatoms. The van der Waals surface area contributed by atoms with Crippen molar-refractivity contribution in [2.45, 2.75) is 31.0 Å². The minimum Gasteiger partial charge on any atom is -0.399 e. The molecular formula is C13H13F3N2O. The number of hydrogen-bond acceptors (Lipinski definition) is 2. The fourth-order valence-electron chi connectivity index (χ4n) is 2.88. The summed E-state index contributed by atoms with van der Waals surface area (Å²) < 4.78 is 37.6. The first kappa shape index (κ1) is 12.3. The predicted octanol–water partition coefficient (Wildman–Crippen LogP) is 2.20. The van der Waals surface area contributed by atoms with Gasteiger partial charge in [0.15, 0.2) is 0 Å². The number of nitrogen functional groups attached to an aromatic ring is 1. The Morgan fingerprint density at radius 2 is 2.00 bits per heavy atom. The van der Waals surface area contributed by atoms with Gasteiger partial charge in [-0.15, -0.1) is 0 Å². The largest absolute Gasteiger partial charge is 0.471 e. The van der Waals surface area contributed by atoms with Gasteiger partial charge >= 0.3 is 12.1 Å². The molecule has 3 rings (SSSR count). The molecule has 0 unspecified atom stereocenters. The third-order valence-corrected chi connectivity index (χ3v) is 3.94. The Hall–Kier alpha value is -1.72. The van der Waals surface area contributed by atoms with Gasteiger partial charge < -0.3 is 10.6 Å². The number of benzene rings is 1. The van der Waals surface area contributed by atoms with E-state index in [-0.39, 0.29) is 18.5 Å². The normalized spacial score (nSPS) is 20.3. The van der Waals surface area contributed by atoms with Gasteiger partial charge in [0.2, 0.25) is 0 Å². The lowest BCUT2D eigenvalue weighted by molar-refractivity contribution is -0.187. The van der Waals surface area contributed by atoms with Gasteiger partial charge in [0, 0.05) is 24.2 Å². The highest BCUT2D eigenvalue weighted by molar-refractivity contribution is 5.82. The first-order chi connectivity index (χ1) is 8.82. The molecule has 102 valence electrons. The van der Waals surface area contributed by atoms with E-state index in [0.717, 1.165) is 28.9 Å². The number of nitrogens with zero attached hydrogens (tertiary/aromatic N) is 1. The maximum Gasteiger partial charge on any atom is 0.471 e. The average Bonchev–Trinajstić information content (AvgIpc) is 3.06. The summed E-state index contributed by atoms with van der Waals surface area (Å²) in [5.41, 5.74) is 7.69. The molecule has 19 heavy (non-hydrogen) atoms. The number of amides is 1. The molecule has 1 aromatic carbocycles. The highest BCUT2D eigenvalue weighted by atomic mass is 19.4. The van der Waals surface area contributed by atoms with Crippen molar-refractivity contribution in [3.05, 3.63) is 29.3 Å². The number of carbonyl (C=O) groups excluding carboxylic acids is 1. The summed E-state index contributed by atoms with van der Waals surface area (Å²) in [5, 5.41) is 0. The molecule has 1 fully saturated rings. The van der Waals surface area contributed by atoms with Crippen LogP contribution < -0.4 is 5.73 Å². The number of fused-ring (bicyclic) bond motifs is 2. The molecule has 3 nitrogen and oxygen atoms in total. The van der Waals surface area contributed by atoms with Crippen molar-refractivity contribution in [3.63, 3.8) is 0 Å². The van der Waals surface area contributed by atoms with E-state index in [9.17, 15) is 18.0 Å². The monoisotopic (exact) mass is 270 g/mol. The first-order valence-corrected chi connectivity index (χ1v) is 6.07. The van der Waals surface area contributed by atoms with Crippen LogP contribution in [0.4, 0.5) is 18.9 Å². The van der Waals surface area contributed by atoms with Crippen molar-refractivity contribution in [3.8, 4) is 0 Å². The summed E-state index contributed by atoms with van der Waals surface area (Å²) in [6, 6.07) is 5.32. The second-order valence-electron chi connectivity index (χ2n) is 5.36. The Kier molecular flexibility index (Phi) is 2.37. The Morgan fingerprint density at radius 3 is 2.58 bits per heavy atom. The van der Waals surface area contributed by atoms with Crippen LogP contribution in [0, 0.1) is 0 Å². The lowest BCUT2D eigenvalue weighted by Crippen LogP contribution is -2.47. The molecule has 1 amide bonds. The number of carbonyl (C=O) groups is 1. The Morgan fingerprint density at radius 1 is 1.32 bits per heavy atom. The first-order valence-electron chi connectivity index (χ1n) is 6.07. The van der Waals surface area contributed by atoms with E-state index in [1.54, 1.807) is 12.1 Å². The van der Waals surface area contributed by atoms with Crippen molar-refractivity contribution in [1.82, 2.24) is 4.90 Å². The highest BCUT2D eigenvalue weighted by Crippen LogP contribution is 2.52. The zero-order chi connectivity index (χ0) is 13.8. The molecule has 0 aromatic heterocycles. The third-order valence-electron chi connectivity index (χ3n) is 3.94. The van der Waals surface area contributed by atoms with Crippen LogP contribution in [-0.4, -0.2) is 23.5 Å². The maximum absolute atomic E-state index is 12.5. The van der Waals surface area contributed by atoms with Crippen molar-refractivity contribution >= 4 is 11.6 Å². The zero-order valence-electron chi connectivity index (χ0n) is 10.1. The van der Waals surface area contributed by atoms with E-state index in [4.69, 9.17) is 5.73 Å². The van der Waals surface area contributed by atoms with Crippen LogP contribution in [0.25, 0.3) is 0 Å². The smallest absolute Gasteiger partial charge is 0.399 e. The number of alkyl halides is 3. The molecule has 1 heterocycles. The maximum atomic E-state index is 12.5. The zero-order valence-corrected chi connectivity index (χ0v) is 10.1. The molecule has 0 atom stereocenters. The van der Waals surface area contributed by atoms with Crippen LogP contribution in [0.1, 0.15) is 24.0 Å². The molecule has 1 spiro atoms. The van der Waals surface area contributed by atoms with Crippen LogP contribution >= 0.6 is 0 Å². The molecule has 1 aromatic rings. The van der Waals surface area contributed by atoms with Crippen LogP contribution in [-0.2, 0) is 16.8 Å². The van der Waals surface area contributed by atoms with Crippen LogP contribution in [0.3, 0.4) is 0 Å². The molecule has 1 aliphatic carbocycles. The molecule has 0 radical (unpaired) electrons. The lowest BCUT2D eigenvalue weighted by atomic mass is 9.86. The fourth-order valence-corrected chi connectivity index (χ4v) is 2.88. The summed E-state index contributed by atoms with van der Waals surface area (Å²) in [6.45, 7) is 0.142. The van der Waals surface area contributed by atoms with E-state index >= 15 is 0 Å². The number of hydrogen-bond donors (Lipinski definition) is 1. The van der Waals surface area contributed by atoms with Gasteiger partial charge in [-0.05, 0) is 36.1 Å².